The van der Waals surface area contributed by atoms with Crippen LogP contribution < -0.4 is 5.32 Å². The number of carbonyl (C=O) groups is 2. The third-order valence-corrected chi connectivity index (χ3v) is 10.1. The molecule has 4 rings (SSSR count). The zero-order valence-corrected chi connectivity index (χ0v) is 22.5. The summed E-state index contributed by atoms with van der Waals surface area (Å²) in [7, 11) is -3.63. The van der Waals surface area contributed by atoms with Crippen molar-refractivity contribution < 1.29 is 22.7 Å². The second kappa shape index (κ2) is 12.2. The Morgan fingerprint density at radius 1 is 1.14 bits per heavy atom. The minimum absolute atomic E-state index is 0.185. The fourth-order valence-electron chi connectivity index (χ4n) is 3.90. The van der Waals surface area contributed by atoms with Crippen molar-refractivity contribution in [3.8, 4) is 0 Å². The van der Waals surface area contributed by atoms with Gasteiger partial charge in [-0.05, 0) is 56.0 Å². The lowest BCUT2D eigenvalue weighted by Gasteiger charge is -2.26. The molecule has 8 nitrogen and oxygen atoms in total. The highest BCUT2D eigenvalue weighted by atomic mass is 32.2. The van der Waals surface area contributed by atoms with E-state index in [1.807, 2.05) is 24.3 Å². The van der Waals surface area contributed by atoms with Crippen LogP contribution in [0.25, 0.3) is 10.2 Å². The van der Waals surface area contributed by atoms with Crippen molar-refractivity contribution in [1.82, 2.24) is 9.29 Å². The smallest absolute Gasteiger partial charge is 0.306 e. The zero-order chi connectivity index (χ0) is 25.5. The number of amides is 1. The first-order chi connectivity index (χ1) is 17.3. The van der Waals surface area contributed by atoms with Gasteiger partial charge in [-0.1, -0.05) is 36.4 Å². The molecule has 1 aliphatic rings. The van der Waals surface area contributed by atoms with Crippen LogP contribution in [-0.4, -0.2) is 55.0 Å². The first-order valence-corrected chi connectivity index (χ1v) is 15.1. The maximum absolute atomic E-state index is 13.1. The Morgan fingerprint density at radius 2 is 1.92 bits per heavy atom. The van der Waals surface area contributed by atoms with Crippen LogP contribution in [0.15, 0.2) is 51.7 Å². The normalized spacial score (nSPS) is 14.6. The molecule has 0 saturated carbocycles. The van der Waals surface area contributed by atoms with Crippen molar-refractivity contribution in [3.05, 3.63) is 48.0 Å². The van der Waals surface area contributed by atoms with E-state index in [4.69, 9.17) is 4.74 Å². The van der Waals surface area contributed by atoms with E-state index in [1.54, 1.807) is 42.2 Å². The number of thiazole rings is 1. The van der Waals surface area contributed by atoms with E-state index < -0.39 is 28.5 Å². The minimum Gasteiger partial charge on any atom is -0.456 e. The van der Waals surface area contributed by atoms with Crippen LogP contribution in [-0.2, 0) is 24.3 Å². The Morgan fingerprint density at radius 3 is 2.69 bits per heavy atom. The fourth-order valence-corrected chi connectivity index (χ4v) is 7.75. The van der Waals surface area contributed by atoms with Crippen LogP contribution >= 0.6 is 23.1 Å². The number of fused-ring (bicyclic) bond motifs is 1. The molecule has 1 saturated heterocycles. The van der Waals surface area contributed by atoms with E-state index in [9.17, 15) is 18.0 Å². The van der Waals surface area contributed by atoms with Crippen LogP contribution in [0.2, 0.25) is 0 Å². The van der Waals surface area contributed by atoms with Crippen LogP contribution in [0.3, 0.4) is 0 Å². The molecule has 1 aliphatic heterocycles. The first kappa shape index (κ1) is 26.6. The lowest BCUT2D eigenvalue weighted by molar-refractivity contribution is -0.147. The van der Waals surface area contributed by atoms with Gasteiger partial charge < -0.3 is 10.1 Å². The number of anilines is 1. The highest BCUT2D eigenvalue weighted by Crippen LogP contribution is 2.30. The Kier molecular flexibility index (Phi) is 9.00. The summed E-state index contributed by atoms with van der Waals surface area (Å²) in [5, 5.41) is 2.63. The molecule has 0 radical (unpaired) electrons. The average molecular weight is 548 g/mol. The van der Waals surface area contributed by atoms with Gasteiger partial charge in [-0.25, -0.2) is 13.4 Å². The number of piperidine rings is 1. The molecule has 0 spiro atoms. The molecular formula is C25H29N3O5S3. The zero-order valence-electron chi connectivity index (χ0n) is 20.1. The molecule has 11 heteroatoms. The molecule has 1 aromatic heterocycles. The number of aromatic nitrogens is 1. The maximum Gasteiger partial charge on any atom is 0.306 e. The molecule has 2 heterocycles. The van der Waals surface area contributed by atoms with Crippen molar-refractivity contribution in [2.24, 2.45) is 0 Å². The molecular weight excluding hydrogens is 518 g/mol. The topological polar surface area (TPSA) is 106 Å². The summed E-state index contributed by atoms with van der Waals surface area (Å²) < 4.78 is 34.8. The van der Waals surface area contributed by atoms with Crippen LogP contribution in [0.1, 0.15) is 37.7 Å². The highest BCUT2D eigenvalue weighted by Gasteiger charge is 2.27. The van der Waals surface area contributed by atoms with Gasteiger partial charge in [0.25, 0.3) is 5.91 Å². The predicted molar refractivity (Wildman–Crippen MR) is 143 cm³/mol. The highest BCUT2D eigenvalue weighted by molar-refractivity contribution is 8.01. The largest absolute Gasteiger partial charge is 0.456 e. The summed E-state index contributed by atoms with van der Waals surface area (Å²) in [6.07, 6.45) is 3.54. The van der Waals surface area contributed by atoms with Gasteiger partial charge in [-0.2, -0.15) is 4.31 Å². The second-order valence-electron chi connectivity index (χ2n) is 8.55. The average Bonchev–Trinajstić information content (AvgIpc) is 3.30. The van der Waals surface area contributed by atoms with Gasteiger partial charge in [0.15, 0.2) is 10.9 Å². The summed E-state index contributed by atoms with van der Waals surface area (Å²) in [5.74, 6) is -0.247. The number of carbonyl (C=O) groups excluding carboxylic acids is 2. The minimum atomic E-state index is -3.63. The maximum atomic E-state index is 13.1. The number of para-hydroxylation sites is 1. The Labute approximate surface area is 219 Å². The lowest BCUT2D eigenvalue weighted by atomic mass is 10.2. The number of sulfonamides is 1. The third-order valence-electron chi connectivity index (χ3n) is 5.79. The summed E-state index contributed by atoms with van der Waals surface area (Å²) in [5.41, 5.74) is 1.94. The standard InChI is InChI=1S/C25H29N3O5S3/c1-18-11-12-19(16-22(18)36(31,32)28-13-5-2-6-14-28)26-23(29)17-33-24(30)10-7-15-34-25-27-20-8-3-4-9-21(20)35-25/h3-4,8-9,11-12,16H,2,5-7,10,13-15,17H2,1H3,(H,26,29). The van der Waals surface area contributed by atoms with Gasteiger partial charge in [-0.3, -0.25) is 9.59 Å². The number of rotatable bonds is 10. The number of nitrogens with one attached hydrogen (secondary N) is 1. The predicted octanol–water partition coefficient (Wildman–Crippen LogP) is 4.83. The number of ether oxygens (including phenoxy) is 1. The van der Waals surface area contributed by atoms with E-state index >= 15 is 0 Å². The Balaban J connectivity index is 1.21. The SMILES string of the molecule is Cc1ccc(NC(=O)COC(=O)CCCSc2nc3ccccc3s2)cc1S(=O)(=O)N1CCCCC1. The molecule has 1 N–H and O–H groups in total. The second-order valence-corrected chi connectivity index (χ2v) is 12.8. The van der Waals surface area contributed by atoms with Gasteiger partial charge in [0.05, 0.1) is 15.1 Å². The van der Waals surface area contributed by atoms with Crippen LogP contribution in [0.4, 0.5) is 5.69 Å². The summed E-state index contributed by atoms with van der Waals surface area (Å²) in [6.45, 7) is 2.33. The lowest BCUT2D eigenvalue weighted by Crippen LogP contribution is -2.36. The molecule has 1 fully saturated rings. The summed E-state index contributed by atoms with van der Waals surface area (Å²) in [6, 6.07) is 12.7. The van der Waals surface area contributed by atoms with E-state index in [-0.39, 0.29) is 11.3 Å². The van der Waals surface area contributed by atoms with Crippen LogP contribution in [0, 0.1) is 6.92 Å². The van der Waals surface area contributed by atoms with Crippen molar-refractivity contribution >= 4 is 60.9 Å². The molecule has 2 aromatic carbocycles. The van der Waals surface area contributed by atoms with E-state index in [0.29, 0.717) is 30.8 Å². The van der Waals surface area contributed by atoms with Gasteiger partial charge in [0.1, 0.15) is 0 Å². The van der Waals surface area contributed by atoms with Gasteiger partial charge in [0.2, 0.25) is 10.0 Å². The monoisotopic (exact) mass is 547 g/mol. The van der Waals surface area contributed by atoms with Gasteiger partial charge in [-0.15, -0.1) is 11.3 Å². The Bertz CT molecular complexity index is 1300. The molecule has 36 heavy (non-hydrogen) atoms. The van der Waals surface area contributed by atoms with Crippen LogP contribution in [0.5, 0.6) is 0 Å². The molecule has 3 aromatic rings. The number of thioether (sulfide) groups is 1. The van der Waals surface area contributed by atoms with Crippen molar-refractivity contribution in [1.29, 1.82) is 0 Å². The summed E-state index contributed by atoms with van der Waals surface area (Å²) >= 11 is 3.22. The van der Waals surface area contributed by atoms with Gasteiger partial charge in [0, 0.05) is 31.0 Å². The number of hydrogen-bond acceptors (Lipinski definition) is 8. The number of benzene rings is 2. The fraction of sp³-hybridized carbons (Fsp3) is 0.400. The molecule has 0 unspecified atom stereocenters. The quantitative estimate of drug-likeness (QED) is 0.220. The number of nitrogens with zero attached hydrogens (tertiary/aromatic N) is 2. The molecule has 1 amide bonds. The van der Waals surface area contributed by atoms with E-state index in [0.717, 1.165) is 39.6 Å². The third kappa shape index (κ3) is 6.84. The van der Waals surface area contributed by atoms with E-state index in [1.165, 1.54) is 10.4 Å². The van der Waals surface area contributed by atoms with E-state index in [2.05, 4.69) is 10.3 Å². The first-order valence-electron chi connectivity index (χ1n) is 11.9. The number of hydrogen-bond donors (Lipinski definition) is 1. The molecule has 192 valence electrons. The molecule has 0 aliphatic carbocycles. The number of aryl methyl sites for hydroxylation is 1. The van der Waals surface area contributed by atoms with Gasteiger partial charge >= 0.3 is 5.97 Å². The van der Waals surface area contributed by atoms with Crippen molar-refractivity contribution in [3.63, 3.8) is 0 Å². The number of esters is 1. The summed E-state index contributed by atoms with van der Waals surface area (Å²) in [4.78, 5) is 29.1. The Hall–Kier alpha value is -2.47. The molecule has 0 atom stereocenters. The van der Waals surface area contributed by atoms with Crippen molar-refractivity contribution in [2.75, 3.05) is 30.8 Å². The molecule has 0 bridgehead atoms. The van der Waals surface area contributed by atoms with Crippen molar-refractivity contribution in [2.45, 2.75) is 48.3 Å².